The van der Waals surface area contributed by atoms with Gasteiger partial charge >= 0.3 is 0 Å². The number of hydrogen-bond donors (Lipinski definition) is 1. The molecule has 0 spiro atoms. The summed E-state index contributed by atoms with van der Waals surface area (Å²) in [6, 6.07) is 0.735. The van der Waals surface area contributed by atoms with Crippen molar-refractivity contribution < 1.29 is 0 Å². The fourth-order valence-corrected chi connectivity index (χ4v) is 2.38. The molecule has 1 fully saturated rings. The van der Waals surface area contributed by atoms with E-state index in [0.29, 0.717) is 0 Å². The van der Waals surface area contributed by atoms with Crippen molar-refractivity contribution in [2.45, 2.75) is 51.6 Å². The van der Waals surface area contributed by atoms with Crippen LogP contribution < -0.4 is 5.32 Å². The van der Waals surface area contributed by atoms with Crippen LogP contribution in [0.5, 0.6) is 0 Å². The number of aromatic nitrogens is 2. The molecule has 84 valence electrons. The van der Waals surface area contributed by atoms with Crippen molar-refractivity contribution in [2.75, 3.05) is 0 Å². The maximum atomic E-state index is 4.35. The smallest absolute Gasteiger partial charge is 0.0638 e. The first-order chi connectivity index (χ1) is 7.25. The largest absolute Gasteiger partial charge is 0.310 e. The highest BCUT2D eigenvalue weighted by atomic mass is 15.2. The van der Waals surface area contributed by atoms with Crippen LogP contribution in [0.25, 0.3) is 0 Å². The molecule has 1 heterocycles. The van der Waals surface area contributed by atoms with E-state index in [4.69, 9.17) is 0 Å². The third-order valence-corrected chi connectivity index (χ3v) is 3.30. The molecular formula is C12H21N3. The summed E-state index contributed by atoms with van der Waals surface area (Å²) in [5, 5.41) is 7.99. The van der Waals surface area contributed by atoms with Gasteiger partial charge in [0.2, 0.25) is 0 Å². The van der Waals surface area contributed by atoms with Crippen LogP contribution in [0.1, 0.15) is 43.4 Å². The minimum absolute atomic E-state index is 0.735. The van der Waals surface area contributed by atoms with E-state index in [-0.39, 0.29) is 0 Å². The molecule has 3 heteroatoms. The van der Waals surface area contributed by atoms with Crippen LogP contribution in [-0.2, 0) is 13.6 Å². The minimum atomic E-state index is 0.735. The van der Waals surface area contributed by atoms with E-state index in [0.717, 1.165) is 18.3 Å². The first-order valence-electron chi connectivity index (χ1n) is 5.98. The highest BCUT2D eigenvalue weighted by Crippen LogP contribution is 2.18. The van der Waals surface area contributed by atoms with E-state index in [1.165, 1.54) is 37.7 Å². The summed E-state index contributed by atoms with van der Waals surface area (Å²) in [4.78, 5) is 0. The van der Waals surface area contributed by atoms with Crippen molar-refractivity contribution in [3.8, 4) is 0 Å². The Labute approximate surface area is 91.9 Å². The third-order valence-electron chi connectivity index (χ3n) is 3.30. The quantitative estimate of drug-likeness (QED) is 0.823. The second-order valence-corrected chi connectivity index (χ2v) is 4.63. The topological polar surface area (TPSA) is 29.9 Å². The van der Waals surface area contributed by atoms with Crippen molar-refractivity contribution in [3.63, 3.8) is 0 Å². The van der Waals surface area contributed by atoms with Crippen molar-refractivity contribution in [1.82, 2.24) is 15.1 Å². The highest BCUT2D eigenvalue weighted by Gasteiger charge is 2.13. The van der Waals surface area contributed by atoms with Crippen molar-refractivity contribution in [3.05, 3.63) is 17.5 Å². The Hall–Kier alpha value is -0.830. The molecule has 1 N–H and O–H groups in total. The second kappa shape index (κ2) is 4.79. The molecule has 1 aromatic rings. The van der Waals surface area contributed by atoms with E-state index in [9.17, 15) is 0 Å². The SMILES string of the molecule is Cc1nn(C)cc1CNC1CCCCC1. The van der Waals surface area contributed by atoms with Crippen LogP contribution in [0.3, 0.4) is 0 Å². The molecule has 0 aliphatic heterocycles. The van der Waals surface area contributed by atoms with Gasteiger partial charge in [-0.2, -0.15) is 5.10 Å². The zero-order valence-corrected chi connectivity index (χ0v) is 9.79. The Morgan fingerprint density at radius 3 is 2.73 bits per heavy atom. The van der Waals surface area contributed by atoms with E-state index in [1.54, 1.807) is 0 Å². The molecule has 2 rings (SSSR count). The number of nitrogens with zero attached hydrogens (tertiary/aromatic N) is 2. The third kappa shape index (κ3) is 2.81. The Balaban J connectivity index is 1.84. The van der Waals surface area contributed by atoms with Gasteiger partial charge in [-0.15, -0.1) is 0 Å². The molecule has 0 saturated heterocycles. The lowest BCUT2D eigenvalue weighted by molar-refractivity contribution is 0.372. The van der Waals surface area contributed by atoms with Gasteiger partial charge in [0.05, 0.1) is 5.69 Å². The summed E-state index contributed by atoms with van der Waals surface area (Å²) in [6.07, 6.45) is 9.02. The van der Waals surface area contributed by atoms with Crippen molar-refractivity contribution in [2.24, 2.45) is 7.05 Å². The predicted molar refractivity (Wildman–Crippen MR) is 61.7 cm³/mol. The normalized spacial score (nSPS) is 18.3. The van der Waals surface area contributed by atoms with Gasteiger partial charge in [0, 0.05) is 31.4 Å². The molecule has 0 bridgehead atoms. The van der Waals surface area contributed by atoms with Gasteiger partial charge in [-0.3, -0.25) is 4.68 Å². The van der Waals surface area contributed by atoms with Crippen LogP contribution in [0.2, 0.25) is 0 Å². The fourth-order valence-electron chi connectivity index (χ4n) is 2.38. The number of aryl methyl sites for hydroxylation is 2. The zero-order chi connectivity index (χ0) is 10.7. The minimum Gasteiger partial charge on any atom is -0.310 e. The maximum absolute atomic E-state index is 4.35. The van der Waals surface area contributed by atoms with E-state index < -0.39 is 0 Å². The van der Waals surface area contributed by atoms with Gasteiger partial charge in [-0.25, -0.2) is 0 Å². The van der Waals surface area contributed by atoms with Crippen LogP contribution in [0, 0.1) is 6.92 Å². The number of rotatable bonds is 3. The molecule has 15 heavy (non-hydrogen) atoms. The van der Waals surface area contributed by atoms with Gasteiger partial charge in [0.15, 0.2) is 0 Å². The summed E-state index contributed by atoms with van der Waals surface area (Å²) in [7, 11) is 1.98. The average molecular weight is 207 g/mol. The molecule has 1 aliphatic rings. The standard InChI is InChI=1S/C12H21N3/c1-10-11(9-15(2)14-10)8-13-12-6-4-3-5-7-12/h9,12-13H,3-8H2,1-2H3. The van der Waals surface area contributed by atoms with E-state index >= 15 is 0 Å². The molecule has 0 amide bonds. The van der Waals surface area contributed by atoms with E-state index in [1.807, 2.05) is 11.7 Å². The van der Waals surface area contributed by atoms with Crippen LogP contribution >= 0.6 is 0 Å². The van der Waals surface area contributed by atoms with Crippen LogP contribution in [0.4, 0.5) is 0 Å². The van der Waals surface area contributed by atoms with Gasteiger partial charge < -0.3 is 5.32 Å². The summed E-state index contributed by atoms with van der Waals surface area (Å²) in [5.41, 5.74) is 2.49. The average Bonchev–Trinajstić information content (AvgIpc) is 2.56. The molecule has 0 radical (unpaired) electrons. The van der Waals surface area contributed by atoms with E-state index in [2.05, 4.69) is 23.5 Å². The van der Waals surface area contributed by atoms with Crippen LogP contribution in [-0.4, -0.2) is 15.8 Å². The molecule has 0 unspecified atom stereocenters. The second-order valence-electron chi connectivity index (χ2n) is 4.63. The first kappa shape index (κ1) is 10.7. The molecule has 0 aromatic carbocycles. The summed E-state index contributed by atoms with van der Waals surface area (Å²) in [6.45, 7) is 3.06. The highest BCUT2D eigenvalue weighted by molar-refractivity contribution is 5.14. The Bertz CT molecular complexity index is 311. The molecule has 1 aliphatic carbocycles. The maximum Gasteiger partial charge on any atom is 0.0638 e. The molecule has 3 nitrogen and oxygen atoms in total. The zero-order valence-electron chi connectivity index (χ0n) is 9.79. The molecule has 0 atom stereocenters. The molecule has 1 aromatic heterocycles. The van der Waals surface area contributed by atoms with Crippen LogP contribution in [0.15, 0.2) is 6.20 Å². The predicted octanol–water partition coefficient (Wildman–Crippen LogP) is 2.15. The Morgan fingerprint density at radius 2 is 2.13 bits per heavy atom. The number of nitrogens with one attached hydrogen (secondary N) is 1. The fraction of sp³-hybridized carbons (Fsp3) is 0.750. The summed E-state index contributed by atoms with van der Waals surface area (Å²) < 4.78 is 1.90. The molecule has 1 saturated carbocycles. The van der Waals surface area contributed by atoms with Crippen molar-refractivity contribution in [1.29, 1.82) is 0 Å². The van der Waals surface area contributed by atoms with Gasteiger partial charge in [-0.05, 0) is 19.8 Å². The van der Waals surface area contributed by atoms with Gasteiger partial charge in [0.25, 0.3) is 0 Å². The monoisotopic (exact) mass is 207 g/mol. The Morgan fingerprint density at radius 1 is 1.40 bits per heavy atom. The Kier molecular flexibility index (Phi) is 3.41. The summed E-state index contributed by atoms with van der Waals surface area (Å²) in [5.74, 6) is 0. The van der Waals surface area contributed by atoms with Gasteiger partial charge in [-0.1, -0.05) is 19.3 Å². The van der Waals surface area contributed by atoms with Gasteiger partial charge in [0.1, 0.15) is 0 Å². The number of hydrogen-bond acceptors (Lipinski definition) is 2. The first-order valence-corrected chi connectivity index (χ1v) is 5.98. The lowest BCUT2D eigenvalue weighted by Gasteiger charge is -2.22. The lowest BCUT2D eigenvalue weighted by atomic mass is 9.95. The molecular weight excluding hydrogens is 186 g/mol. The summed E-state index contributed by atoms with van der Waals surface area (Å²) >= 11 is 0. The van der Waals surface area contributed by atoms with Crippen molar-refractivity contribution >= 4 is 0 Å². The lowest BCUT2D eigenvalue weighted by Crippen LogP contribution is -2.30.